The van der Waals surface area contributed by atoms with Crippen molar-refractivity contribution >= 4 is 0 Å². The number of rotatable bonds is 15. The largest absolute Gasteiger partial charge is 0.380 e. The molecule has 12 nitrogen and oxygen atoms in total. The van der Waals surface area contributed by atoms with E-state index in [1.165, 1.54) is 0 Å². The van der Waals surface area contributed by atoms with Crippen molar-refractivity contribution < 1.29 is 9.47 Å². The fourth-order valence-electron chi connectivity index (χ4n) is 3.65. The molecule has 0 aromatic heterocycles. The van der Waals surface area contributed by atoms with Crippen LogP contribution in [0.4, 0.5) is 0 Å². The molecule has 0 aliphatic carbocycles. The van der Waals surface area contributed by atoms with Gasteiger partial charge in [-0.15, -0.1) is 0 Å². The van der Waals surface area contributed by atoms with Crippen LogP contribution in [0.3, 0.4) is 0 Å². The molecule has 2 aliphatic rings. The minimum absolute atomic E-state index is 0.408. The smallest absolute Gasteiger partial charge is 0.0593 e. The predicted octanol–water partition coefficient (Wildman–Crippen LogP) is 0.875. The van der Waals surface area contributed by atoms with Gasteiger partial charge in [0, 0.05) is 101 Å². The molecule has 2 aliphatic heterocycles. The Labute approximate surface area is 178 Å². The lowest BCUT2D eigenvalue weighted by molar-refractivity contribution is 0.0614. The van der Waals surface area contributed by atoms with Crippen LogP contribution >= 0.6 is 0 Å². The van der Waals surface area contributed by atoms with Crippen LogP contribution in [0.2, 0.25) is 0 Å². The lowest BCUT2D eigenvalue weighted by Crippen LogP contribution is -2.52. The van der Waals surface area contributed by atoms with Gasteiger partial charge in [-0.3, -0.25) is 19.6 Å². The highest BCUT2D eigenvalue weighted by Gasteiger charge is 2.19. The molecule has 0 aromatic rings. The first kappa shape index (κ1) is 24.6. The number of azide groups is 2. The molecule has 0 atom stereocenters. The SMILES string of the molecule is [N-]=[N+]=NCCOCCN1CCN(CCN2CCN(CCOCCN=[N+]=[N-])CC2)CC1. The van der Waals surface area contributed by atoms with Gasteiger partial charge < -0.3 is 9.47 Å². The maximum atomic E-state index is 8.22. The molecule has 2 heterocycles. The molecule has 0 aromatic carbocycles. The Morgan fingerprint density at radius 2 is 0.867 bits per heavy atom. The Kier molecular flexibility index (Phi) is 13.2. The Bertz CT molecular complexity index is 489. The summed E-state index contributed by atoms with van der Waals surface area (Å²) in [6.45, 7) is 16.2. The maximum Gasteiger partial charge on any atom is 0.0593 e. The highest BCUT2D eigenvalue weighted by molar-refractivity contribution is 4.76. The highest BCUT2D eigenvalue weighted by atomic mass is 16.5. The van der Waals surface area contributed by atoms with Crippen molar-refractivity contribution in [3.8, 4) is 0 Å². The lowest BCUT2D eigenvalue weighted by Gasteiger charge is -2.38. The van der Waals surface area contributed by atoms with Crippen molar-refractivity contribution in [3.05, 3.63) is 20.9 Å². The molecule has 0 radical (unpaired) electrons. The van der Waals surface area contributed by atoms with Crippen LogP contribution in [0.15, 0.2) is 10.2 Å². The zero-order chi connectivity index (χ0) is 21.3. The summed E-state index contributed by atoms with van der Waals surface area (Å²) >= 11 is 0. The quantitative estimate of drug-likeness (QED) is 0.166. The summed E-state index contributed by atoms with van der Waals surface area (Å²) < 4.78 is 11.0. The monoisotopic (exact) mass is 424 g/mol. The molecule has 0 bridgehead atoms. The van der Waals surface area contributed by atoms with E-state index < -0.39 is 0 Å². The van der Waals surface area contributed by atoms with Gasteiger partial charge in [0.1, 0.15) is 0 Å². The van der Waals surface area contributed by atoms with E-state index in [0.717, 1.165) is 78.5 Å². The number of ether oxygens (including phenoxy) is 2. The summed E-state index contributed by atoms with van der Waals surface area (Å²) in [5.41, 5.74) is 16.4. The summed E-state index contributed by atoms with van der Waals surface area (Å²) in [6.07, 6.45) is 0. The normalized spacial score (nSPS) is 19.3. The lowest BCUT2D eigenvalue weighted by atomic mass is 10.3. The summed E-state index contributed by atoms with van der Waals surface area (Å²) in [7, 11) is 0. The van der Waals surface area contributed by atoms with E-state index in [1.807, 2.05) is 0 Å². The van der Waals surface area contributed by atoms with Gasteiger partial charge in [-0.05, 0) is 11.1 Å². The van der Waals surface area contributed by atoms with E-state index in [-0.39, 0.29) is 0 Å². The zero-order valence-electron chi connectivity index (χ0n) is 18.0. The summed E-state index contributed by atoms with van der Waals surface area (Å²) in [4.78, 5) is 15.4. The molecule has 0 amide bonds. The Morgan fingerprint density at radius 3 is 1.20 bits per heavy atom. The number of hydrogen-bond donors (Lipinski definition) is 0. The Morgan fingerprint density at radius 1 is 0.533 bits per heavy atom. The molecule has 0 spiro atoms. The number of hydrogen-bond acceptors (Lipinski definition) is 8. The second kappa shape index (κ2) is 16.1. The van der Waals surface area contributed by atoms with E-state index in [9.17, 15) is 0 Å². The van der Waals surface area contributed by atoms with Gasteiger partial charge in [-0.2, -0.15) is 0 Å². The molecule has 30 heavy (non-hydrogen) atoms. The van der Waals surface area contributed by atoms with Crippen LogP contribution < -0.4 is 0 Å². The second-order valence-corrected chi connectivity index (χ2v) is 7.50. The van der Waals surface area contributed by atoms with Crippen LogP contribution in [-0.2, 0) is 9.47 Å². The van der Waals surface area contributed by atoms with Crippen LogP contribution in [0.5, 0.6) is 0 Å². The van der Waals surface area contributed by atoms with Crippen LogP contribution in [-0.4, -0.2) is 138 Å². The molecular weight excluding hydrogens is 388 g/mol. The standard InChI is InChI=1S/C18H36N10O2/c19-23-21-1-15-29-17-13-27-9-5-25(6-10-27)3-4-26-7-11-28(12-8-26)14-18-30-16-2-22-24-20/h1-18H2. The zero-order valence-corrected chi connectivity index (χ0v) is 18.0. The second-order valence-electron chi connectivity index (χ2n) is 7.50. The van der Waals surface area contributed by atoms with Crippen LogP contribution in [0.1, 0.15) is 0 Å². The van der Waals surface area contributed by atoms with Crippen LogP contribution in [0, 0.1) is 0 Å². The minimum atomic E-state index is 0.408. The van der Waals surface area contributed by atoms with Crippen molar-refractivity contribution in [2.45, 2.75) is 0 Å². The molecule has 12 heteroatoms. The number of piperazine rings is 2. The first-order chi connectivity index (χ1) is 14.8. The van der Waals surface area contributed by atoms with E-state index in [1.54, 1.807) is 0 Å². The fourth-order valence-corrected chi connectivity index (χ4v) is 3.65. The van der Waals surface area contributed by atoms with Gasteiger partial charge in [0.2, 0.25) is 0 Å². The molecule has 0 unspecified atom stereocenters. The maximum absolute atomic E-state index is 8.22. The Hall–Kier alpha value is -1.62. The predicted molar refractivity (Wildman–Crippen MR) is 115 cm³/mol. The van der Waals surface area contributed by atoms with Gasteiger partial charge in [0.15, 0.2) is 0 Å². The fraction of sp³-hybridized carbons (Fsp3) is 1.00. The van der Waals surface area contributed by atoms with E-state index in [0.29, 0.717) is 39.5 Å². The van der Waals surface area contributed by atoms with E-state index >= 15 is 0 Å². The molecule has 2 fully saturated rings. The third kappa shape index (κ3) is 11.0. The average Bonchev–Trinajstić information content (AvgIpc) is 2.79. The molecule has 0 saturated carbocycles. The third-order valence-corrected chi connectivity index (χ3v) is 5.56. The van der Waals surface area contributed by atoms with Gasteiger partial charge in [-0.1, -0.05) is 10.2 Å². The molecule has 2 saturated heterocycles. The highest BCUT2D eigenvalue weighted by Crippen LogP contribution is 2.05. The summed E-state index contributed by atoms with van der Waals surface area (Å²) in [6, 6.07) is 0. The van der Waals surface area contributed by atoms with Crippen molar-refractivity contribution in [1.29, 1.82) is 0 Å². The van der Waals surface area contributed by atoms with Crippen LogP contribution in [0.25, 0.3) is 20.9 Å². The van der Waals surface area contributed by atoms with Crippen molar-refractivity contribution in [2.24, 2.45) is 10.2 Å². The third-order valence-electron chi connectivity index (χ3n) is 5.56. The Balaban J connectivity index is 1.44. The first-order valence-corrected chi connectivity index (χ1v) is 10.9. The molecular formula is C18H36N10O2. The van der Waals surface area contributed by atoms with E-state index in [4.69, 9.17) is 20.5 Å². The average molecular weight is 425 g/mol. The topological polar surface area (TPSA) is 129 Å². The van der Waals surface area contributed by atoms with E-state index in [2.05, 4.69) is 39.7 Å². The first-order valence-electron chi connectivity index (χ1n) is 10.9. The number of nitrogens with zero attached hydrogens (tertiary/aromatic N) is 10. The molecule has 170 valence electrons. The van der Waals surface area contributed by atoms with Gasteiger partial charge in [0.25, 0.3) is 0 Å². The van der Waals surface area contributed by atoms with Gasteiger partial charge in [-0.25, -0.2) is 0 Å². The molecule has 2 rings (SSSR count). The summed E-state index contributed by atoms with van der Waals surface area (Å²) in [5, 5.41) is 6.93. The van der Waals surface area contributed by atoms with Gasteiger partial charge >= 0.3 is 0 Å². The van der Waals surface area contributed by atoms with Gasteiger partial charge in [0.05, 0.1) is 26.4 Å². The summed E-state index contributed by atoms with van der Waals surface area (Å²) in [5.74, 6) is 0. The molecule has 0 N–H and O–H groups in total. The van der Waals surface area contributed by atoms with Crippen molar-refractivity contribution in [1.82, 2.24) is 19.6 Å². The van der Waals surface area contributed by atoms with Crippen molar-refractivity contribution in [2.75, 3.05) is 118 Å². The van der Waals surface area contributed by atoms with Crippen molar-refractivity contribution in [3.63, 3.8) is 0 Å². The minimum Gasteiger partial charge on any atom is -0.380 e.